The number of hydrogen-bond donors (Lipinski definition) is 1. The van der Waals surface area contributed by atoms with Gasteiger partial charge in [0.25, 0.3) is 0 Å². The highest BCUT2D eigenvalue weighted by molar-refractivity contribution is 5.91. The lowest BCUT2D eigenvalue weighted by molar-refractivity contribution is -0.127. The molecule has 0 aromatic heterocycles. The van der Waals surface area contributed by atoms with Crippen molar-refractivity contribution in [3.05, 3.63) is 41.7 Å². The third-order valence-electron chi connectivity index (χ3n) is 3.71. The van der Waals surface area contributed by atoms with Crippen molar-refractivity contribution in [3.63, 3.8) is 0 Å². The molecule has 3 nitrogen and oxygen atoms in total. The number of carbonyl (C=O) groups is 1. The molecule has 1 N–H and O–H groups in total. The monoisotopic (exact) mass is 276 g/mol. The first-order valence-corrected chi connectivity index (χ1v) is 7.06. The Morgan fingerprint density at radius 2 is 2.00 bits per heavy atom. The SMILES string of the molecule is CNCC1CCN(C(=O)C=Cc2ccc(F)cc2)CC1. The van der Waals surface area contributed by atoms with Crippen LogP contribution in [0.2, 0.25) is 0 Å². The molecule has 4 heteroatoms. The summed E-state index contributed by atoms with van der Waals surface area (Å²) in [6.45, 7) is 2.66. The second-order valence-corrected chi connectivity index (χ2v) is 5.21. The van der Waals surface area contributed by atoms with Gasteiger partial charge in [-0.15, -0.1) is 0 Å². The minimum Gasteiger partial charge on any atom is -0.339 e. The van der Waals surface area contributed by atoms with Crippen LogP contribution in [-0.2, 0) is 4.79 Å². The maximum absolute atomic E-state index is 12.8. The molecule has 0 saturated carbocycles. The lowest BCUT2D eigenvalue weighted by Gasteiger charge is -2.31. The third kappa shape index (κ3) is 4.17. The Kier molecular flexibility index (Phi) is 5.30. The van der Waals surface area contributed by atoms with Crippen molar-refractivity contribution in [2.24, 2.45) is 5.92 Å². The summed E-state index contributed by atoms with van der Waals surface area (Å²) in [5.41, 5.74) is 0.838. The quantitative estimate of drug-likeness (QED) is 0.856. The van der Waals surface area contributed by atoms with E-state index in [1.807, 2.05) is 11.9 Å². The number of nitrogens with zero attached hydrogens (tertiary/aromatic N) is 1. The molecular formula is C16H21FN2O. The summed E-state index contributed by atoms with van der Waals surface area (Å²) in [6.07, 6.45) is 5.42. The molecule has 0 spiro atoms. The number of likely N-dealkylation sites (tertiary alicyclic amines) is 1. The highest BCUT2D eigenvalue weighted by Crippen LogP contribution is 2.16. The van der Waals surface area contributed by atoms with Crippen molar-refractivity contribution in [1.29, 1.82) is 0 Å². The summed E-state index contributed by atoms with van der Waals surface area (Å²) >= 11 is 0. The molecule has 1 fully saturated rings. The molecule has 108 valence electrons. The standard InChI is InChI=1S/C16H21FN2O/c1-18-12-14-8-10-19(11-9-14)16(20)7-4-13-2-5-15(17)6-3-13/h2-7,14,18H,8-12H2,1H3. The summed E-state index contributed by atoms with van der Waals surface area (Å²) < 4.78 is 12.8. The second-order valence-electron chi connectivity index (χ2n) is 5.21. The fourth-order valence-electron chi connectivity index (χ4n) is 2.49. The van der Waals surface area contributed by atoms with Crippen LogP contribution in [0.5, 0.6) is 0 Å². The van der Waals surface area contributed by atoms with Crippen molar-refractivity contribution in [2.75, 3.05) is 26.7 Å². The Morgan fingerprint density at radius 3 is 2.60 bits per heavy atom. The van der Waals surface area contributed by atoms with Gasteiger partial charge in [-0.25, -0.2) is 4.39 Å². The van der Waals surface area contributed by atoms with Gasteiger partial charge < -0.3 is 10.2 Å². The van der Waals surface area contributed by atoms with Gasteiger partial charge in [0.15, 0.2) is 0 Å². The molecule has 1 aromatic rings. The van der Waals surface area contributed by atoms with Crippen molar-refractivity contribution in [3.8, 4) is 0 Å². The molecule has 1 saturated heterocycles. The van der Waals surface area contributed by atoms with E-state index in [4.69, 9.17) is 0 Å². The van der Waals surface area contributed by atoms with Crippen molar-refractivity contribution in [2.45, 2.75) is 12.8 Å². The van der Waals surface area contributed by atoms with Gasteiger partial charge in [0.05, 0.1) is 0 Å². The first kappa shape index (κ1) is 14.7. The zero-order valence-electron chi connectivity index (χ0n) is 11.8. The number of piperidine rings is 1. The molecule has 2 rings (SSSR count). The Bertz CT molecular complexity index is 462. The van der Waals surface area contributed by atoms with E-state index in [2.05, 4.69) is 5.32 Å². The van der Waals surface area contributed by atoms with Gasteiger partial charge >= 0.3 is 0 Å². The molecule has 1 aliphatic rings. The zero-order valence-corrected chi connectivity index (χ0v) is 11.8. The van der Waals surface area contributed by atoms with Crippen molar-refractivity contribution in [1.82, 2.24) is 10.2 Å². The fraction of sp³-hybridized carbons (Fsp3) is 0.438. The first-order valence-electron chi connectivity index (χ1n) is 7.06. The number of rotatable bonds is 4. The predicted molar refractivity (Wildman–Crippen MR) is 78.7 cm³/mol. The van der Waals surface area contributed by atoms with Gasteiger partial charge in [-0.2, -0.15) is 0 Å². The van der Waals surface area contributed by atoms with Gasteiger partial charge in [-0.3, -0.25) is 4.79 Å². The smallest absolute Gasteiger partial charge is 0.246 e. The summed E-state index contributed by atoms with van der Waals surface area (Å²) in [7, 11) is 1.96. The van der Waals surface area contributed by atoms with Crippen LogP contribution in [0.15, 0.2) is 30.3 Å². The average Bonchev–Trinajstić information content (AvgIpc) is 2.47. The lowest BCUT2D eigenvalue weighted by atomic mass is 9.97. The van der Waals surface area contributed by atoms with Gasteiger partial charge in [-0.05, 0) is 56.1 Å². The zero-order chi connectivity index (χ0) is 14.4. The maximum atomic E-state index is 12.8. The lowest BCUT2D eigenvalue weighted by Crippen LogP contribution is -2.39. The van der Waals surface area contributed by atoms with Crippen LogP contribution in [0, 0.1) is 11.7 Å². The molecule has 1 aromatic carbocycles. The molecule has 0 radical (unpaired) electrons. The molecular weight excluding hydrogens is 255 g/mol. The number of hydrogen-bond acceptors (Lipinski definition) is 2. The second kappa shape index (κ2) is 7.20. The van der Waals surface area contributed by atoms with Crippen LogP contribution in [0.1, 0.15) is 18.4 Å². The highest BCUT2D eigenvalue weighted by atomic mass is 19.1. The average molecular weight is 276 g/mol. The third-order valence-corrected chi connectivity index (χ3v) is 3.71. The van der Waals surface area contributed by atoms with Crippen LogP contribution >= 0.6 is 0 Å². The van der Waals surface area contributed by atoms with Gasteiger partial charge in [-0.1, -0.05) is 12.1 Å². The van der Waals surface area contributed by atoms with E-state index in [0.717, 1.165) is 38.0 Å². The largest absolute Gasteiger partial charge is 0.339 e. The highest BCUT2D eigenvalue weighted by Gasteiger charge is 2.20. The van der Waals surface area contributed by atoms with E-state index in [9.17, 15) is 9.18 Å². The van der Waals surface area contributed by atoms with E-state index in [0.29, 0.717) is 5.92 Å². The number of benzene rings is 1. The van der Waals surface area contributed by atoms with E-state index in [-0.39, 0.29) is 11.7 Å². The summed E-state index contributed by atoms with van der Waals surface area (Å²) in [6, 6.07) is 6.12. The van der Waals surface area contributed by atoms with E-state index in [1.165, 1.54) is 12.1 Å². The van der Waals surface area contributed by atoms with Gasteiger partial charge in [0.1, 0.15) is 5.82 Å². The molecule has 1 amide bonds. The molecule has 20 heavy (non-hydrogen) atoms. The van der Waals surface area contributed by atoms with Crippen LogP contribution in [-0.4, -0.2) is 37.5 Å². The molecule has 0 aliphatic carbocycles. The number of amides is 1. The maximum Gasteiger partial charge on any atom is 0.246 e. The Morgan fingerprint density at radius 1 is 1.35 bits per heavy atom. The van der Waals surface area contributed by atoms with Crippen molar-refractivity contribution >= 4 is 12.0 Å². The number of nitrogens with one attached hydrogen (secondary N) is 1. The van der Waals surface area contributed by atoms with Crippen LogP contribution in [0.25, 0.3) is 6.08 Å². The molecule has 0 unspecified atom stereocenters. The molecule has 0 bridgehead atoms. The Balaban J connectivity index is 1.85. The number of carbonyl (C=O) groups excluding carboxylic acids is 1. The topological polar surface area (TPSA) is 32.3 Å². The van der Waals surface area contributed by atoms with Crippen molar-refractivity contribution < 1.29 is 9.18 Å². The van der Waals surface area contributed by atoms with Gasteiger partial charge in [0.2, 0.25) is 5.91 Å². The minimum atomic E-state index is -0.264. The number of halogens is 1. The van der Waals surface area contributed by atoms with E-state index >= 15 is 0 Å². The van der Waals surface area contributed by atoms with Crippen LogP contribution in [0.3, 0.4) is 0 Å². The summed E-state index contributed by atoms with van der Waals surface area (Å²) in [4.78, 5) is 13.9. The first-order chi connectivity index (χ1) is 9.69. The summed E-state index contributed by atoms with van der Waals surface area (Å²) in [5, 5.41) is 3.18. The van der Waals surface area contributed by atoms with Gasteiger partial charge in [0, 0.05) is 19.2 Å². The van der Waals surface area contributed by atoms with Crippen LogP contribution in [0.4, 0.5) is 4.39 Å². The van der Waals surface area contributed by atoms with Crippen LogP contribution < -0.4 is 5.32 Å². The normalized spacial score (nSPS) is 16.8. The molecule has 1 aliphatic heterocycles. The predicted octanol–water partition coefficient (Wildman–Crippen LogP) is 2.30. The Hall–Kier alpha value is -1.68. The fourth-order valence-corrected chi connectivity index (χ4v) is 2.49. The minimum absolute atomic E-state index is 0.0391. The van der Waals surface area contributed by atoms with E-state index in [1.54, 1.807) is 24.3 Å². The Labute approximate surface area is 119 Å². The van der Waals surface area contributed by atoms with E-state index < -0.39 is 0 Å². The summed E-state index contributed by atoms with van der Waals surface area (Å²) in [5.74, 6) is 0.447. The molecule has 0 atom stereocenters. The molecule has 1 heterocycles.